The van der Waals surface area contributed by atoms with Crippen molar-refractivity contribution in [3.8, 4) is 11.8 Å². The highest BCUT2D eigenvalue weighted by molar-refractivity contribution is 5.94. The van der Waals surface area contributed by atoms with E-state index in [1.54, 1.807) is 42.9 Å². The Kier molecular flexibility index (Phi) is 5.40. The van der Waals surface area contributed by atoms with Crippen LogP contribution in [0.1, 0.15) is 21.5 Å². The van der Waals surface area contributed by atoms with Crippen LogP contribution in [0.2, 0.25) is 0 Å². The number of ether oxygens (including phenoxy) is 1. The summed E-state index contributed by atoms with van der Waals surface area (Å²) in [5.41, 5.74) is 2.12. The number of carbonyl (C=O) groups is 1. The fourth-order valence-electron chi connectivity index (χ4n) is 3.57. The van der Waals surface area contributed by atoms with Gasteiger partial charge in [-0.3, -0.25) is 23.3 Å². The highest BCUT2D eigenvalue weighted by Gasteiger charge is 2.21. The number of hydrogen-bond acceptors (Lipinski definition) is 5. The molecule has 0 aliphatic carbocycles. The van der Waals surface area contributed by atoms with Crippen LogP contribution in [0, 0.1) is 6.92 Å². The van der Waals surface area contributed by atoms with E-state index < -0.39 is 11.2 Å². The summed E-state index contributed by atoms with van der Waals surface area (Å²) in [5, 5.41) is 2.57. The quantitative estimate of drug-likeness (QED) is 0.519. The van der Waals surface area contributed by atoms with Crippen LogP contribution < -0.4 is 21.3 Å². The summed E-state index contributed by atoms with van der Waals surface area (Å²) in [6.45, 7) is 2.32. The van der Waals surface area contributed by atoms with Crippen LogP contribution >= 0.6 is 0 Å². The number of rotatable bonds is 5. The molecular formula is C23H23N5O4. The van der Waals surface area contributed by atoms with E-state index in [0.717, 1.165) is 15.7 Å². The van der Waals surface area contributed by atoms with Gasteiger partial charge in [0.15, 0.2) is 11.2 Å². The van der Waals surface area contributed by atoms with Crippen molar-refractivity contribution in [2.75, 3.05) is 7.05 Å². The maximum atomic E-state index is 13.0. The summed E-state index contributed by atoms with van der Waals surface area (Å²) < 4.78 is 10.1. The molecule has 4 rings (SSSR count). The first-order valence-electron chi connectivity index (χ1n) is 10.0. The highest BCUT2D eigenvalue weighted by Crippen LogP contribution is 2.25. The molecule has 1 amide bonds. The van der Waals surface area contributed by atoms with Crippen LogP contribution in [0.3, 0.4) is 0 Å². The maximum Gasteiger partial charge on any atom is 0.332 e. The van der Waals surface area contributed by atoms with Gasteiger partial charge in [0.1, 0.15) is 5.75 Å². The molecule has 9 nitrogen and oxygen atoms in total. The number of fused-ring (bicyclic) bond motifs is 1. The van der Waals surface area contributed by atoms with Gasteiger partial charge in [0.25, 0.3) is 11.5 Å². The fourth-order valence-corrected chi connectivity index (χ4v) is 3.57. The lowest BCUT2D eigenvalue weighted by molar-refractivity contribution is 0.0963. The predicted octanol–water partition coefficient (Wildman–Crippen LogP) is 1.94. The van der Waals surface area contributed by atoms with Crippen molar-refractivity contribution in [2.45, 2.75) is 13.5 Å². The van der Waals surface area contributed by atoms with Gasteiger partial charge in [0.2, 0.25) is 0 Å². The molecule has 2 aromatic heterocycles. The SMILES string of the molecule is CNC(=O)c1ccc(Oc2nc3c(c(=O)n(C)c(=O)n3C)n2Cc2cccc(C)c2)cc1. The second kappa shape index (κ2) is 8.18. The lowest BCUT2D eigenvalue weighted by Gasteiger charge is -2.11. The maximum absolute atomic E-state index is 13.0. The van der Waals surface area contributed by atoms with Crippen LogP contribution in [-0.2, 0) is 20.6 Å². The number of carbonyl (C=O) groups excluding carboxylic acids is 1. The second-order valence-corrected chi connectivity index (χ2v) is 7.55. The summed E-state index contributed by atoms with van der Waals surface area (Å²) in [7, 11) is 4.56. The minimum Gasteiger partial charge on any atom is -0.425 e. The van der Waals surface area contributed by atoms with E-state index in [4.69, 9.17) is 4.74 Å². The third-order valence-corrected chi connectivity index (χ3v) is 5.29. The molecule has 164 valence electrons. The van der Waals surface area contributed by atoms with Crippen molar-refractivity contribution in [1.29, 1.82) is 0 Å². The molecule has 0 fully saturated rings. The van der Waals surface area contributed by atoms with E-state index in [2.05, 4.69) is 10.3 Å². The lowest BCUT2D eigenvalue weighted by atomic mass is 10.1. The Labute approximate surface area is 183 Å². The minimum atomic E-state index is -0.468. The smallest absolute Gasteiger partial charge is 0.332 e. The van der Waals surface area contributed by atoms with E-state index in [1.165, 1.54) is 11.6 Å². The zero-order valence-corrected chi connectivity index (χ0v) is 18.2. The van der Waals surface area contributed by atoms with Gasteiger partial charge < -0.3 is 10.1 Å². The van der Waals surface area contributed by atoms with Gasteiger partial charge >= 0.3 is 11.7 Å². The topological polar surface area (TPSA) is 100 Å². The molecule has 2 heterocycles. The predicted molar refractivity (Wildman–Crippen MR) is 120 cm³/mol. The van der Waals surface area contributed by atoms with Crippen molar-refractivity contribution < 1.29 is 9.53 Å². The Bertz CT molecular complexity index is 1440. The fraction of sp³-hybridized carbons (Fsp3) is 0.217. The van der Waals surface area contributed by atoms with Gasteiger partial charge in [-0.2, -0.15) is 4.98 Å². The van der Waals surface area contributed by atoms with Crippen LogP contribution in [0.15, 0.2) is 58.1 Å². The first-order valence-corrected chi connectivity index (χ1v) is 10.0. The van der Waals surface area contributed by atoms with Crippen LogP contribution in [0.25, 0.3) is 11.2 Å². The average molecular weight is 433 g/mol. The monoisotopic (exact) mass is 433 g/mol. The standard InChI is InChI=1S/C23H23N5O4/c1-14-6-5-7-15(12-14)13-28-18-19(26(3)23(31)27(4)21(18)30)25-22(28)32-17-10-8-16(9-11-17)20(29)24-2/h5-12H,13H2,1-4H3,(H,24,29). The molecule has 2 aromatic carbocycles. The third-order valence-electron chi connectivity index (χ3n) is 5.29. The number of amides is 1. The zero-order valence-electron chi connectivity index (χ0n) is 18.2. The molecule has 0 radical (unpaired) electrons. The van der Waals surface area contributed by atoms with Gasteiger partial charge in [-0.25, -0.2) is 4.79 Å². The minimum absolute atomic E-state index is 0.174. The number of benzene rings is 2. The second-order valence-electron chi connectivity index (χ2n) is 7.55. The normalized spacial score (nSPS) is 11.0. The van der Waals surface area contributed by atoms with Crippen LogP contribution in [-0.4, -0.2) is 31.6 Å². The van der Waals surface area contributed by atoms with Gasteiger partial charge in [-0.05, 0) is 36.8 Å². The summed E-state index contributed by atoms with van der Waals surface area (Å²) in [4.78, 5) is 41.7. The number of nitrogens with zero attached hydrogens (tertiary/aromatic N) is 4. The first-order chi connectivity index (χ1) is 15.3. The van der Waals surface area contributed by atoms with Gasteiger partial charge in [-0.1, -0.05) is 29.8 Å². The summed E-state index contributed by atoms with van der Waals surface area (Å²) in [6.07, 6.45) is 0. The average Bonchev–Trinajstić information content (AvgIpc) is 3.14. The molecule has 1 N–H and O–H groups in total. The Morgan fingerprint density at radius 2 is 1.78 bits per heavy atom. The third kappa shape index (κ3) is 3.68. The Morgan fingerprint density at radius 3 is 2.44 bits per heavy atom. The summed E-state index contributed by atoms with van der Waals surface area (Å²) in [5.74, 6) is 0.238. The van der Waals surface area contributed by atoms with Gasteiger partial charge in [-0.15, -0.1) is 0 Å². The molecule has 0 saturated heterocycles. The Hall–Kier alpha value is -4.14. The molecule has 0 unspecified atom stereocenters. The van der Waals surface area contributed by atoms with E-state index in [0.29, 0.717) is 17.9 Å². The first kappa shape index (κ1) is 21.1. The summed E-state index contributed by atoms with van der Waals surface area (Å²) in [6, 6.07) is 14.6. The van der Waals surface area contributed by atoms with E-state index >= 15 is 0 Å². The van der Waals surface area contributed by atoms with E-state index in [-0.39, 0.29) is 23.1 Å². The molecule has 32 heavy (non-hydrogen) atoms. The number of aromatic nitrogens is 4. The molecule has 0 atom stereocenters. The molecule has 0 aliphatic heterocycles. The van der Waals surface area contributed by atoms with Gasteiger partial charge in [0, 0.05) is 26.7 Å². The summed E-state index contributed by atoms with van der Waals surface area (Å²) >= 11 is 0. The number of imidazole rings is 1. The number of nitrogens with one attached hydrogen (secondary N) is 1. The molecule has 0 saturated carbocycles. The van der Waals surface area contributed by atoms with Crippen molar-refractivity contribution in [3.63, 3.8) is 0 Å². The Balaban J connectivity index is 1.86. The number of aryl methyl sites for hydroxylation is 2. The highest BCUT2D eigenvalue weighted by atomic mass is 16.5. The van der Waals surface area contributed by atoms with Crippen molar-refractivity contribution in [2.24, 2.45) is 14.1 Å². The van der Waals surface area contributed by atoms with E-state index in [9.17, 15) is 14.4 Å². The van der Waals surface area contributed by atoms with Gasteiger partial charge in [0.05, 0.1) is 6.54 Å². The Morgan fingerprint density at radius 1 is 1.06 bits per heavy atom. The molecule has 0 spiro atoms. The van der Waals surface area contributed by atoms with Crippen molar-refractivity contribution in [3.05, 3.63) is 86.1 Å². The lowest BCUT2D eigenvalue weighted by Crippen LogP contribution is -2.37. The molecule has 0 aliphatic rings. The molecule has 9 heteroatoms. The van der Waals surface area contributed by atoms with E-state index in [1.807, 2.05) is 31.2 Å². The molecule has 4 aromatic rings. The number of hydrogen-bond donors (Lipinski definition) is 1. The zero-order chi connectivity index (χ0) is 23.0. The largest absolute Gasteiger partial charge is 0.425 e. The molecular weight excluding hydrogens is 410 g/mol. The van der Waals surface area contributed by atoms with Crippen LogP contribution in [0.5, 0.6) is 11.8 Å². The van der Waals surface area contributed by atoms with Crippen molar-refractivity contribution in [1.82, 2.24) is 24.0 Å². The molecule has 0 bridgehead atoms. The van der Waals surface area contributed by atoms with Crippen molar-refractivity contribution >= 4 is 17.1 Å². The van der Waals surface area contributed by atoms with Crippen LogP contribution in [0.4, 0.5) is 0 Å².